The molecule has 0 saturated heterocycles. The van der Waals surface area contributed by atoms with Crippen molar-refractivity contribution in [3.63, 3.8) is 0 Å². The highest BCUT2D eigenvalue weighted by Crippen LogP contribution is 2.21. The van der Waals surface area contributed by atoms with Crippen LogP contribution in [0.4, 0.5) is 0 Å². The van der Waals surface area contributed by atoms with Crippen LogP contribution in [0, 0.1) is 6.92 Å². The molecule has 6 heteroatoms. The van der Waals surface area contributed by atoms with Gasteiger partial charge in [-0.3, -0.25) is 9.59 Å². The maximum atomic E-state index is 12.8. The summed E-state index contributed by atoms with van der Waals surface area (Å²) in [6, 6.07) is 7.67. The molecule has 2 heterocycles. The first-order valence-electron chi connectivity index (χ1n) is 8.16. The maximum absolute atomic E-state index is 12.8. The maximum Gasteiger partial charge on any atom is 0.263 e. The zero-order chi connectivity index (χ0) is 17.1. The highest BCUT2D eigenvalue weighted by molar-refractivity contribution is 5.81. The summed E-state index contributed by atoms with van der Waals surface area (Å²) in [5.41, 5.74) is 2.23. The van der Waals surface area contributed by atoms with Gasteiger partial charge in [-0.15, -0.1) is 0 Å². The molecule has 0 radical (unpaired) electrons. The minimum absolute atomic E-state index is 0.0616. The van der Waals surface area contributed by atoms with E-state index in [4.69, 9.17) is 4.74 Å². The lowest BCUT2D eigenvalue weighted by molar-refractivity contribution is -0.139. The average Bonchev–Trinajstić information content (AvgIpc) is 2.60. The van der Waals surface area contributed by atoms with Crippen molar-refractivity contribution >= 4 is 5.91 Å². The molecule has 1 aliphatic rings. The number of carbonyl (C=O) groups excluding carboxylic acids is 1. The van der Waals surface area contributed by atoms with Gasteiger partial charge in [0.2, 0.25) is 0 Å². The van der Waals surface area contributed by atoms with Crippen molar-refractivity contribution in [3.05, 3.63) is 57.8 Å². The van der Waals surface area contributed by atoms with Gasteiger partial charge >= 0.3 is 0 Å². The van der Waals surface area contributed by atoms with Gasteiger partial charge in [-0.2, -0.15) is 0 Å². The smallest absolute Gasteiger partial charge is 0.263 e. The summed E-state index contributed by atoms with van der Waals surface area (Å²) >= 11 is 0. The molecule has 0 saturated carbocycles. The third-order valence-electron chi connectivity index (χ3n) is 4.33. The summed E-state index contributed by atoms with van der Waals surface area (Å²) in [5.74, 6) is 0.665. The normalized spacial score (nSPS) is 14.8. The van der Waals surface area contributed by atoms with Crippen LogP contribution in [0.25, 0.3) is 0 Å². The second kappa shape index (κ2) is 6.86. The molecule has 3 rings (SSSR count). The molecular weight excluding hydrogens is 306 g/mol. The Balaban J connectivity index is 1.75. The molecule has 1 atom stereocenters. The number of aromatic nitrogens is 2. The standard InChI is InChI=1S/C18H21N3O3/c1-3-15(24-16-7-5-4-6-12(16)2)18(23)21-9-8-13-14(10-21)19-11-20-17(13)22/h4-7,11,15H,3,8-10H2,1-2H3,(H,19,20,22). The van der Waals surface area contributed by atoms with E-state index in [9.17, 15) is 9.59 Å². The largest absolute Gasteiger partial charge is 0.480 e. The van der Waals surface area contributed by atoms with Gasteiger partial charge in [0.25, 0.3) is 11.5 Å². The van der Waals surface area contributed by atoms with Crippen molar-refractivity contribution in [2.45, 2.75) is 39.3 Å². The van der Waals surface area contributed by atoms with E-state index >= 15 is 0 Å². The third kappa shape index (κ3) is 3.18. The van der Waals surface area contributed by atoms with E-state index in [1.54, 1.807) is 4.90 Å². The molecule has 6 nitrogen and oxygen atoms in total. The van der Waals surface area contributed by atoms with E-state index in [-0.39, 0.29) is 11.5 Å². The van der Waals surface area contributed by atoms with E-state index in [0.717, 1.165) is 11.3 Å². The van der Waals surface area contributed by atoms with E-state index < -0.39 is 6.10 Å². The Morgan fingerprint density at radius 3 is 2.96 bits per heavy atom. The van der Waals surface area contributed by atoms with Crippen LogP contribution in [0.1, 0.15) is 30.2 Å². The van der Waals surface area contributed by atoms with Gasteiger partial charge in [0.1, 0.15) is 5.75 Å². The summed E-state index contributed by atoms with van der Waals surface area (Å²) in [7, 11) is 0. The van der Waals surface area contributed by atoms with E-state index in [1.165, 1.54) is 6.33 Å². The zero-order valence-electron chi connectivity index (χ0n) is 13.9. The third-order valence-corrected chi connectivity index (χ3v) is 4.33. The minimum Gasteiger partial charge on any atom is -0.480 e. The van der Waals surface area contributed by atoms with Gasteiger partial charge in [-0.05, 0) is 31.4 Å². The fraction of sp³-hybridized carbons (Fsp3) is 0.389. The number of aromatic amines is 1. The predicted octanol–water partition coefficient (Wildman–Crippen LogP) is 1.82. The fourth-order valence-corrected chi connectivity index (χ4v) is 2.91. The Morgan fingerprint density at radius 1 is 1.42 bits per heavy atom. The SMILES string of the molecule is CCC(Oc1ccccc1C)C(=O)N1CCc2c(nc[nH]c2=O)C1. The number of para-hydroxylation sites is 1. The first-order valence-corrected chi connectivity index (χ1v) is 8.16. The Bertz CT molecular complexity index is 800. The van der Waals surface area contributed by atoms with Crippen molar-refractivity contribution in [3.8, 4) is 5.75 Å². The summed E-state index contributed by atoms with van der Waals surface area (Å²) in [5, 5.41) is 0. The Morgan fingerprint density at radius 2 is 2.21 bits per heavy atom. The van der Waals surface area contributed by atoms with Gasteiger partial charge in [-0.1, -0.05) is 25.1 Å². The van der Waals surface area contributed by atoms with Crippen molar-refractivity contribution < 1.29 is 9.53 Å². The fourth-order valence-electron chi connectivity index (χ4n) is 2.91. The monoisotopic (exact) mass is 327 g/mol. The topological polar surface area (TPSA) is 75.3 Å². The lowest BCUT2D eigenvalue weighted by Crippen LogP contribution is -2.45. The molecule has 1 unspecified atom stereocenters. The molecule has 0 fully saturated rings. The number of benzene rings is 1. The van der Waals surface area contributed by atoms with Gasteiger partial charge in [-0.25, -0.2) is 4.98 Å². The van der Waals surface area contributed by atoms with E-state index in [2.05, 4.69) is 9.97 Å². The van der Waals surface area contributed by atoms with Crippen LogP contribution in [-0.2, 0) is 17.8 Å². The van der Waals surface area contributed by atoms with E-state index in [0.29, 0.717) is 37.2 Å². The number of H-pyrrole nitrogens is 1. The summed E-state index contributed by atoms with van der Waals surface area (Å²) in [4.78, 5) is 33.1. The van der Waals surface area contributed by atoms with Crippen LogP contribution in [0.5, 0.6) is 5.75 Å². The second-order valence-electron chi connectivity index (χ2n) is 5.95. The lowest BCUT2D eigenvalue weighted by atomic mass is 10.1. The molecule has 0 spiro atoms. The van der Waals surface area contributed by atoms with Crippen LogP contribution in [0.15, 0.2) is 35.4 Å². The van der Waals surface area contributed by atoms with Crippen LogP contribution in [-0.4, -0.2) is 33.4 Å². The number of aryl methyl sites for hydroxylation is 1. The summed E-state index contributed by atoms with van der Waals surface area (Å²) in [6.07, 6.45) is 1.95. The molecule has 2 aromatic rings. The first kappa shape index (κ1) is 16.2. The molecule has 1 aliphatic heterocycles. The highest BCUT2D eigenvalue weighted by Gasteiger charge is 2.29. The number of nitrogens with one attached hydrogen (secondary N) is 1. The quantitative estimate of drug-likeness (QED) is 0.929. The number of ether oxygens (including phenoxy) is 1. The van der Waals surface area contributed by atoms with Gasteiger partial charge in [0.15, 0.2) is 6.10 Å². The molecule has 1 aromatic carbocycles. The molecular formula is C18H21N3O3. The van der Waals surface area contributed by atoms with Crippen LogP contribution in [0.3, 0.4) is 0 Å². The zero-order valence-corrected chi connectivity index (χ0v) is 13.9. The molecule has 24 heavy (non-hydrogen) atoms. The van der Waals surface area contributed by atoms with Crippen molar-refractivity contribution in [2.24, 2.45) is 0 Å². The van der Waals surface area contributed by atoms with Crippen LogP contribution in [0.2, 0.25) is 0 Å². The van der Waals surface area contributed by atoms with Gasteiger partial charge < -0.3 is 14.6 Å². The number of amides is 1. The molecule has 1 amide bonds. The molecule has 1 aromatic heterocycles. The second-order valence-corrected chi connectivity index (χ2v) is 5.95. The molecule has 126 valence electrons. The summed E-state index contributed by atoms with van der Waals surface area (Å²) in [6.45, 7) is 4.75. The molecule has 1 N–H and O–H groups in total. The van der Waals surface area contributed by atoms with Crippen molar-refractivity contribution in [2.75, 3.05) is 6.54 Å². The lowest BCUT2D eigenvalue weighted by Gasteiger charge is -2.30. The Labute approximate surface area is 140 Å². The van der Waals surface area contributed by atoms with Gasteiger partial charge in [0, 0.05) is 12.1 Å². The number of carbonyl (C=O) groups is 1. The average molecular weight is 327 g/mol. The molecule has 0 bridgehead atoms. The number of rotatable bonds is 4. The van der Waals surface area contributed by atoms with Crippen LogP contribution < -0.4 is 10.3 Å². The number of fused-ring (bicyclic) bond motifs is 1. The minimum atomic E-state index is -0.533. The van der Waals surface area contributed by atoms with Crippen molar-refractivity contribution in [1.82, 2.24) is 14.9 Å². The number of hydrogen-bond donors (Lipinski definition) is 1. The predicted molar refractivity (Wildman–Crippen MR) is 89.9 cm³/mol. The highest BCUT2D eigenvalue weighted by atomic mass is 16.5. The van der Waals surface area contributed by atoms with Gasteiger partial charge in [0.05, 0.1) is 18.6 Å². The molecule has 0 aliphatic carbocycles. The Hall–Kier alpha value is -2.63. The number of hydrogen-bond acceptors (Lipinski definition) is 4. The summed E-state index contributed by atoms with van der Waals surface area (Å²) < 4.78 is 5.94. The van der Waals surface area contributed by atoms with E-state index in [1.807, 2.05) is 38.1 Å². The first-order chi connectivity index (χ1) is 11.6. The number of nitrogens with zero attached hydrogens (tertiary/aromatic N) is 2. The van der Waals surface area contributed by atoms with Crippen molar-refractivity contribution in [1.29, 1.82) is 0 Å². The Kier molecular flexibility index (Phi) is 4.64. The van der Waals surface area contributed by atoms with Crippen LogP contribution >= 0.6 is 0 Å².